The molecule has 0 aliphatic heterocycles. The topological polar surface area (TPSA) is 83.5 Å². The third-order valence-corrected chi connectivity index (χ3v) is 2.84. The number of aliphatic hydroxyl groups is 1. The Morgan fingerprint density at radius 3 is 1.68 bits per heavy atom. The van der Waals surface area contributed by atoms with Gasteiger partial charge in [0.05, 0.1) is 6.10 Å². The summed E-state index contributed by atoms with van der Waals surface area (Å²) in [5.41, 5.74) is 4.92. The van der Waals surface area contributed by atoms with Gasteiger partial charge in [-0.15, -0.1) is 0 Å². The van der Waals surface area contributed by atoms with Crippen LogP contribution in [0.1, 0.15) is 78.1 Å². The van der Waals surface area contributed by atoms with Crippen molar-refractivity contribution in [2.75, 3.05) is 6.54 Å². The summed E-state index contributed by atoms with van der Waals surface area (Å²) in [4.78, 5) is 10.2. The van der Waals surface area contributed by atoms with Crippen LogP contribution in [0, 0.1) is 0 Å². The number of carbonyl (C=O) groups is 1. The highest BCUT2D eigenvalue weighted by Crippen LogP contribution is 2.10. The number of hydrogen-bond acceptors (Lipinski definition) is 3. The number of carboxylic acid groups (broad SMARTS) is 1. The lowest BCUT2D eigenvalue weighted by Gasteiger charge is -2.00. The van der Waals surface area contributed by atoms with Crippen molar-refractivity contribution in [1.29, 1.82) is 0 Å². The molecule has 0 aliphatic rings. The summed E-state index contributed by atoms with van der Waals surface area (Å²) in [7, 11) is 0. The minimum Gasteiger partial charge on any atom is -0.481 e. The van der Waals surface area contributed by atoms with Crippen molar-refractivity contribution >= 4 is 5.97 Å². The average molecular weight is 275 g/mol. The lowest BCUT2D eigenvalue weighted by atomic mass is 10.1. The Kier molecular flexibility index (Phi) is 18.9. The van der Waals surface area contributed by atoms with Gasteiger partial charge in [0.25, 0.3) is 0 Å². The predicted octanol–water partition coefficient (Wildman–Crippen LogP) is 3.32. The van der Waals surface area contributed by atoms with Gasteiger partial charge in [0.1, 0.15) is 0 Å². The summed E-state index contributed by atoms with van der Waals surface area (Å²) in [6, 6.07) is 0. The van der Waals surface area contributed by atoms with E-state index in [0.29, 0.717) is 13.0 Å². The summed E-state index contributed by atoms with van der Waals surface area (Å²) in [5.74, 6) is -0.659. The first-order valence-electron chi connectivity index (χ1n) is 7.64. The zero-order valence-corrected chi connectivity index (χ0v) is 12.7. The van der Waals surface area contributed by atoms with Crippen LogP contribution in [0.25, 0.3) is 0 Å². The number of unbranched alkanes of at least 4 members (excludes halogenated alkanes) is 8. The highest BCUT2D eigenvalue weighted by atomic mass is 16.4. The van der Waals surface area contributed by atoms with E-state index in [1.165, 1.54) is 44.9 Å². The van der Waals surface area contributed by atoms with Gasteiger partial charge in [-0.2, -0.15) is 0 Å². The summed E-state index contributed by atoms with van der Waals surface area (Å²) < 4.78 is 0. The maximum atomic E-state index is 10.2. The van der Waals surface area contributed by atoms with Gasteiger partial charge in [-0.3, -0.25) is 4.79 Å². The monoisotopic (exact) mass is 275 g/mol. The van der Waals surface area contributed by atoms with E-state index in [0.717, 1.165) is 12.8 Å². The first-order valence-corrected chi connectivity index (χ1v) is 7.64. The lowest BCUT2D eigenvalue weighted by Crippen LogP contribution is -2.14. The van der Waals surface area contributed by atoms with Crippen molar-refractivity contribution in [3.8, 4) is 0 Å². The molecule has 0 saturated carbocycles. The standard InChI is InChI=1S/C12H24O2.C3H9NO/c1-2-3-4-5-6-7-8-9-10-11-12(13)14;1-3(5)2-4/h2-11H2,1H3,(H,13,14);3,5H,2,4H2,1H3. The summed E-state index contributed by atoms with van der Waals surface area (Å²) in [6.07, 6.45) is 11.1. The SMILES string of the molecule is CC(O)CN.CCCCCCCCCCCC(=O)O. The normalized spacial score (nSPS) is 11.6. The molecule has 0 rings (SSSR count). The second-order valence-corrected chi connectivity index (χ2v) is 5.06. The fourth-order valence-electron chi connectivity index (χ4n) is 1.59. The Morgan fingerprint density at radius 2 is 1.37 bits per heavy atom. The third kappa shape index (κ3) is 26.8. The van der Waals surface area contributed by atoms with Gasteiger partial charge in [-0.1, -0.05) is 58.3 Å². The van der Waals surface area contributed by atoms with Gasteiger partial charge in [0.15, 0.2) is 0 Å². The van der Waals surface area contributed by atoms with Crippen LogP contribution >= 0.6 is 0 Å². The third-order valence-electron chi connectivity index (χ3n) is 2.84. The van der Waals surface area contributed by atoms with Crippen LogP contribution in [-0.2, 0) is 4.79 Å². The maximum absolute atomic E-state index is 10.2. The number of carboxylic acids is 1. The van der Waals surface area contributed by atoms with Crippen LogP contribution in [0.5, 0.6) is 0 Å². The van der Waals surface area contributed by atoms with Gasteiger partial charge < -0.3 is 15.9 Å². The Hall–Kier alpha value is -0.610. The van der Waals surface area contributed by atoms with E-state index in [1.54, 1.807) is 6.92 Å². The molecule has 0 spiro atoms. The van der Waals surface area contributed by atoms with Gasteiger partial charge in [0, 0.05) is 13.0 Å². The fourth-order valence-corrected chi connectivity index (χ4v) is 1.59. The molecule has 0 saturated heterocycles. The van der Waals surface area contributed by atoms with E-state index in [2.05, 4.69) is 6.92 Å². The van der Waals surface area contributed by atoms with Gasteiger partial charge in [0.2, 0.25) is 0 Å². The molecule has 116 valence electrons. The molecule has 1 atom stereocenters. The average Bonchev–Trinajstić information content (AvgIpc) is 2.37. The molecule has 1 unspecified atom stereocenters. The smallest absolute Gasteiger partial charge is 0.303 e. The van der Waals surface area contributed by atoms with Crippen molar-refractivity contribution < 1.29 is 15.0 Å². The lowest BCUT2D eigenvalue weighted by molar-refractivity contribution is -0.137. The van der Waals surface area contributed by atoms with Gasteiger partial charge in [-0.25, -0.2) is 0 Å². The first-order chi connectivity index (χ1) is 9.04. The number of aliphatic carboxylic acids is 1. The number of rotatable bonds is 11. The maximum Gasteiger partial charge on any atom is 0.303 e. The zero-order chi connectivity index (χ0) is 14.9. The number of aliphatic hydroxyl groups excluding tert-OH is 1. The largest absolute Gasteiger partial charge is 0.481 e. The van der Waals surface area contributed by atoms with E-state index in [-0.39, 0.29) is 6.10 Å². The molecular formula is C15H33NO3. The van der Waals surface area contributed by atoms with Crippen LogP contribution in [0.2, 0.25) is 0 Å². The molecule has 0 heterocycles. The Morgan fingerprint density at radius 1 is 1.00 bits per heavy atom. The zero-order valence-electron chi connectivity index (χ0n) is 12.7. The Bertz CT molecular complexity index is 184. The molecule has 0 aliphatic carbocycles. The quantitative estimate of drug-likeness (QED) is 0.505. The first kappa shape index (κ1) is 20.7. The van der Waals surface area contributed by atoms with Crippen molar-refractivity contribution in [1.82, 2.24) is 0 Å². The van der Waals surface area contributed by atoms with E-state index in [9.17, 15) is 4.79 Å². The number of nitrogens with two attached hydrogens (primary N) is 1. The van der Waals surface area contributed by atoms with Crippen molar-refractivity contribution in [3.05, 3.63) is 0 Å². The van der Waals surface area contributed by atoms with E-state index >= 15 is 0 Å². The predicted molar refractivity (Wildman–Crippen MR) is 80.2 cm³/mol. The van der Waals surface area contributed by atoms with Crippen molar-refractivity contribution in [2.45, 2.75) is 84.2 Å². The minimum atomic E-state index is -0.659. The molecular weight excluding hydrogens is 242 g/mol. The van der Waals surface area contributed by atoms with E-state index in [1.807, 2.05) is 0 Å². The molecule has 0 amide bonds. The minimum absolute atomic E-state index is 0.338. The molecule has 0 aromatic rings. The molecule has 0 aromatic carbocycles. The molecule has 0 bridgehead atoms. The van der Waals surface area contributed by atoms with Gasteiger partial charge in [-0.05, 0) is 13.3 Å². The molecule has 0 fully saturated rings. The van der Waals surface area contributed by atoms with Crippen molar-refractivity contribution in [2.24, 2.45) is 5.73 Å². The van der Waals surface area contributed by atoms with E-state index in [4.69, 9.17) is 15.9 Å². The van der Waals surface area contributed by atoms with Crippen LogP contribution in [-0.4, -0.2) is 28.8 Å². The molecule has 4 nitrogen and oxygen atoms in total. The summed E-state index contributed by atoms with van der Waals surface area (Å²) in [6.45, 7) is 4.24. The van der Waals surface area contributed by atoms with E-state index < -0.39 is 5.97 Å². The van der Waals surface area contributed by atoms with Crippen LogP contribution in [0.15, 0.2) is 0 Å². The summed E-state index contributed by atoms with van der Waals surface area (Å²) >= 11 is 0. The molecule has 4 heteroatoms. The van der Waals surface area contributed by atoms with Crippen LogP contribution < -0.4 is 5.73 Å². The highest BCUT2D eigenvalue weighted by molar-refractivity contribution is 5.66. The Balaban J connectivity index is 0. The fraction of sp³-hybridized carbons (Fsp3) is 0.933. The summed E-state index contributed by atoms with van der Waals surface area (Å²) in [5, 5.41) is 16.6. The second kappa shape index (κ2) is 17.4. The van der Waals surface area contributed by atoms with Gasteiger partial charge >= 0.3 is 5.97 Å². The number of hydrogen-bond donors (Lipinski definition) is 3. The second-order valence-electron chi connectivity index (χ2n) is 5.06. The van der Waals surface area contributed by atoms with Crippen molar-refractivity contribution in [3.63, 3.8) is 0 Å². The molecule has 4 N–H and O–H groups in total. The molecule has 19 heavy (non-hydrogen) atoms. The molecule has 0 radical (unpaired) electrons. The highest BCUT2D eigenvalue weighted by Gasteiger charge is 1.96. The Labute approximate surface area is 118 Å². The van der Waals surface area contributed by atoms with Crippen LogP contribution in [0.4, 0.5) is 0 Å². The molecule has 0 aromatic heterocycles. The van der Waals surface area contributed by atoms with Crippen LogP contribution in [0.3, 0.4) is 0 Å².